The lowest BCUT2D eigenvalue weighted by atomic mass is 10.1. The summed E-state index contributed by atoms with van der Waals surface area (Å²) in [5.41, 5.74) is 5.95. The van der Waals surface area contributed by atoms with Crippen LogP contribution >= 0.6 is 11.8 Å². The molecule has 5 heteroatoms. The van der Waals surface area contributed by atoms with Crippen LogP contribution in [0.1, 0.15) is 66.8 Å². The van der Waals surface area contributed by atoms with E-state index in [-0.39, 0.29) is 17.9 Å². The fourth-order valence-corrected chi connectivity index (χ4v) is 5.63. The molecule has 178 valence electrons. The Morgan fingerprint density at radius 2 is 1.67 bits per heavy atom. The van der Waals surface area contributed by atoms with Crippen molar-refractivity contribution in [1.82, 2.24) is 10.2 Å². The zero-order chi connectivity index (χ0) is 23.8. The van der Waals surface area contributed by atoms with Crippen LogP contribution in [0.3, 0.4) is 0 Å². The van der Waals surface area contributed by atoms with Gasteiger partial charge in [0.2, 0.25) is 11.8 Å². The summed E-state index contributed by atoms with van der Waals surface area (Å²) in [5, 5.41) is 3.22. The number of rotatable bonds is 10. The van der Waals surface area contributed by atoms with Crippen LogP contribution in [0.2, 0.25) is 0 Å². The van der Waals surface area contributed by atoms with Crippen LogP contribution in [0.5, 0.6) is 0 Å². The van der Waals surface area contributed by atoms with Crippen molar-refractivity contribution in [3.63, 3.8) is 0 Å². The highest BCUT2D eigenvalue weighted by atomic mass is 32.2. The maximum Gasteiger partial charge on any atom is 0.243 e. The second kappa shape index (κ2) is 12.3. The van der Waals surface area contributed by atoms with E-state index >= 15 is 0 Å². The van der Waals surface area contributed by atoms with Crippen molar-refractivity contribution in [2.45, 2.75) is 84.2 Å². The fourth-order valence-electron chi connectivity index (χ4n) is 4.79. The van der Waals surface area contributed by atoms with Crippen LogP contribution in [-0.4, -0.2) is 34.6 Å². The summed E-state index contributed by atoms with van der Waals surface area (Å²) in [6.45, 7) is 8.72. The predicted molar refractivity (Wildman–Crippen MR) is 138 cm³/mol. The van der Waals surface area contributed by atoms with Crippen LogP contribution in [0.25, 0.3) is 0 Å². The van der Waals surface area contributed by atoms with Crippen molar-refractivity contribution in [1.29, 1.82) is 0 Å². The quantitative estimate of drug-likeness (QED) is 0.488. The van der Waals surface area contributed by atoms with Gasteiger partial charge in [0, 0.05) is 18.3 Å². The number of thioether (sulfide) groups is 1. The van der Waals surface area contributed by atoms with E-state index in [2.05, 4.69) is 56.4 Å². The molecular weight excluding hydrogens is 428 g/mol. The first-order valence-corrected chi connectivity index (χ1v) is 13.3. The molecule has 1 aliphatic carbocycles. The Morgan fingerprint density at radius 1 is 1.00 bits per heavy atom. The van der Waals surface area contributed by atoms with Crippen molar-refractivity contribution in [3.05, 3.63) is 70.3 Å². The third kappa shape index (κ3) is 7.63. The average molecular weight is 467 g/mol. The molecule has 0 aromatic heterocycles. The summed E-state index contributed by atoms with van der Waals surface area (Å²) in [7, 11) is 0. The van der Waals surface area contributed by atoms with Gasteiger partial charge in [-0.15, -0.1) is 11.8 Å². The molecule has 3 rings (SSSR count). The predicted octanol–water partition coefficient (Wildman–Crippen LogP) is 5.71. The Bertz CT molecular complexity index is 932. The number of nitrogens with zero attached hydrogens (tertiary/aromatic N) is 1. The van der Waals surface area contributed by atoms with Crippen LogP contribution in [0.4, 0.5) is 0 Å². The smallest absolute Gasteiger partial charge is 0.243 e. The van der Waals surface area contributed by atoms with Crippen LogP contribution in [0.15, 0.2) is 42.5 Å². The third-order valence-electron chi connectivity index (χ3n) is 6.30. The molecule has 33 heavy (non-hydrogen) atoms. The molecule has 2 amide bonds. The summed E-state index contributed by atoms with van der Waals surface area (Å²) in [6.07, 6.45) is 5.03. The minimum atomic E-state index is -0.444. The van der Waals surface area contributed by atoms with Gasteiger partial charge in [0.05, 0.1) is 5.75 Å². The number of nitrogens with one attached hydrogen (secondary N) is 1. The average Bonchev–Trinajstić information content (AvgIpc) is 3.26. The standard InChI is InChI=1S/C28H38N2O2S/c1-5-26(28(32)29-25-11-6-7-12-25)30(17-23-10-8-9-20(2)14-23)27(31)19-33-18-24-15-21(3)13-22(4)16-24/h8-10,13-16,25-26H,5-7,11-12,17-19H2,1-4H3,(H,29,32)/t26-/m1/s1. The molecule has 0 heterocycles. The van der Waals surface area contributed by atoms with Gasteiger partial charge in [0.25, 0.3) is 0 Å². The Hall–Kier alpha value is -2.27. The minimum absolute atomic E-state index is 0.00953. The van der Waals surface area contributed by atoms with Gasteiger partial charge in [0.15, 0.2) is 0 Å². The van der Waals surface area contributed by atoms with E-state index in [1.807, 2.05) is 19.1 Å². The fraction of sp³-hybridized carbons (Fsp3) is 0.500. The summed E-state index contributed by atoms with van der Waals surface area (Å²) in [6, 6.07) is 14.5. The zero-order valence-electron chi connectivity index (χ0n) is 20.5. The lowest BCUT2D eigenvalue weighted by molar-refractivity contribution is -0.139. The molecule has 1 N–H and O–H groups in total. The summed E-state index contributed by atoms with van der Waals surface area (Å²) in [4.78, 5) is 28.4. The number of aryl methyl sites for hydroxylation is 3. The van der Waals surface area contributed by atoms with Crippen LogP contribution in [-0.2, 0) is 21.9 Å². The largest absolute Gasteiger partial charge is 0.352 e. The minimum Gasteiger partial charge on any atom is -0.352 e. The summed E-state index contributed by atoms with van der Waals surface area (Å²) >= 11 is 1.62. The molecule has 1 fully saturated rings. The Balaban J connectivity index is 1.71. The third-order valence-corrected chi connectivity index (χ3v) is 7.29. The van der Waals surface area contributed by atoms with Gasteiger partial charge in [-0.05, 0) is 51.2 Å². The van der Waals surface area contributed by atoms with Crippen molar-refractivity contribution >= 4 is 23.6 Å². The van der Waals surface area contributed by atoms with E-state index in [0.717, 1.165) is 29.7 Å². The number of hydrogen-bond acceptors (Lipinski definition) is 3. The normalized spacial score (nSPS) is 14.8. The molecule has 0 radical (unpaired) electrons. The molecule has 0 bridgehead atoms. The zero-order valence-corrected chi connectivity index (χ0v) is 21.3. The first kappa shape index (κ1) is 25.4. The van der Waals surface area contributed by atoms with Crippen LogP contribution in [0, 0.1) is 20.8 Å². The lowest BCUT2D eigenvalue weighted by Gasteiger charge is -2.31. The van der Waals surface area contributed by atoms with Crippen molar-refractivity contribution in [3.8, 4) is 0 Å². The molecule has 0 spiro atoms. The topological polar surface area (TPSA) is 49.4 Å². The molecule has 2 aromatic carbocycles. The number of amides is 2. The van der Waals surface area contributed by atoms with Crippen molar-refractivity contribution in [2.75, 3.05) is 5.75 Å². The van der Waals surface area contributed by atoms with Gasteiger partial charge >= 0.3 is 0 Å². The maximum atomic E-state index is 13.4. The Morgan fingerprint density at radius 3 is 2.30 bits per heavy atom. The number of hydrogen-bond donors (Lipinski definition) is 1. The maximum absolute atomic E-state index is 13.4. The SMILES string of the molecule is CC[C@H](C(=O)NC1CCCC1)N(Cc1cccc(C)c1)C(=O)CSCc1cc(C)cc(C)c1. The van der Waals surface area contributed by atoms with Gasteiger partial charge in [-0.3, -0.25) is 9.59 Å². The van der Waals surface area contributed by atoms with Gasteiger partial charge in [-0.25, -0.2) is 0 Å². The van der Waals surface area contributed by atoms with E-state index in [0.29, 0.717) is 18.7 Å². The van der Waals surface area contributed by atoms with E-state index in [1.165, 1.54) is 29.5 Å². The summed E-state index contributed by atoms with van der Waals surface area (Å²) < 4.78 is 0. The molecule has 0 aliphatic heterocycles. The highest BCUT2D eigenvalue weighted by Gasteiger charge is 2.30. The van der Waals surface area contributed by atoms with E-state index < -0.39 is 6.04 Å². The molecular formula is C28H38N2O2S. The highest BCUT2D eigenvalue weighted by Crippen LogP contribution is 2.21. The molecule has 4 nitrogen and oxygen atoms in total. The van der Waals surface area contributed by atoms with Gasteiger partial charge in [-0.1, -0.05) is 78.9 Å². The first-order valence-electron chi connectivity index (χ1n) is 12.2. The van der Waals surface area contributed by atoms with Crippen LogP contribution < -0.4 is 5.32 Å². The Kier molecular flexibility index (Phi) is 9.42. The Labute approximate surface area is 203 Å². The first-order chi connectivity index (χ1) is 15.9. The monoisotopic (exact) mass is 466 g/mol. The molecule has 1 atom stereocenters. The highest BCUT2D eigenvalue weighted by molar-refractivity contribution is 7.99. The van der Waals surface area contributed by atoms with Gasteiger partial charge < -0.3 is 10.2 Å². The molecule has 0 unspecified atom stereocenters. The number of carbonyl (C=O) groups excluding carboxylic acids is 2. The molecule has 1 saturated carbocycles. The van der Waals surface area contributed by atoms with E-state index in [9.17, 15) is 9.59 Å². The van der Waals surface area contributed by atoms with Gasteiger partial charge in [-0.2, -0.15) is 0 Å². The van der Waals surface area contributed by atoms with E-state index in [4.69, 9.17) is 0 Å². The second-order valence-electron chi connectivity index (χ2n) is 9.41. The molecule has 1 aliphatic rings. The lowest BCUT2D eigenvalue weighted by Crippen LogP contribution is -2.51. The van der Waals surface area contributed by atoms with Gasteiger partial charge in [0.1, 0.15) is 6.04 Å². The van der Waals surface area contributed by atoms with Crippen molar-refractivity contribution < 1.29 is 9.59 Å². The molecule has 2 aromatic rings. The second-order valence-corrected chi connectivity index (χ2v) is 10.4. The summed E-state index contributed by atoms with van der Waals surface area (Å²) in [5.74, 6) is 1.17. The van der Waals surface area contributed by atoms with Crippen molar-refractivity contribution in [2.24, 2.45) is 0 Å². The molecule has 0 saturated heterocycles. The van der Waals surface area contributed by atoms with E-state index in [1.54, 1.807) is 16.7 Å². The number of carbonyl (C=O) groups is 2. The number of benzene rings is 2.